The normalized spacial score (nSPS) is 25.5. The van der Waals surface area contributed by atoms with Crippen LogP contribution in [-0.2, 0) is 11.2 Å². The monoisotopic (exact) mass is 254 g/mol. The molecule has 3 atom stereocenters. The zero-order chi connectivity index (χ0) is 13.0. The van der Waals surface area contributed by atoms with Gasteiger partial charge in [0.25, 0.3) is 0 Å². The molecular formula is C13H22N2O3. The lowest BCUT2D eigenvalue weighted by molar-refractivity contribution is 0.0599. The van der Waals surface area contributed by atoms with Crippen molar-refractivity contribution in [3.8, 4) is 0 Å². The van der Waals surface area contributed by atoms with Gasteiger partial charge in [0.2, 0.25) is 5.89 Å². The average Bonchev–Trinajstić information content (AvgIpc) is 2.96. The Bertz CT molecular complexity index is 367. The van der Waals surface area contributed by atoms with Gasteiger partial charge in [-0.1, -0.05) is 18.5 Å². The molecule has 1 aromatic rings. The molecule has 1 fully saturated rings. The Hall–Kier alpha value is -0.940. The zero-order valence-corrected chi connectivity index (χ0v) is 11.1. The minimum Gasteiger partial charge on any atom is -0.390 e. The average molecular weight is 254 g/mol. The van der Waals surface area contributed by atoms with Gasteiger partial charge in [0, 0.05) is 13.0 Å². The van der Waals surface area contributed by atoms with E-state index >= 15 is 0 Å². The fourth-order valence-electron chi connectivity index (χ4n) is 2.65. The molecule has 1 N–H and O–H groups in total. The van der Waals surface area contributed by atoms with Crippen LogP contribution >= 0.6 is 0 Å². The highest BCUT2D eigenvalue weighted by Crippen LogP contribution is 2.38. The maximum atomic E-state index is 9.60. The number of hydrogen-bond donors (Lipinski definition) is 1. The van der Waals surface area contributed by atoms with Crippen molar-refractivity contribution >= 4 is 0 Å². The van der Waals surface area contributed by atoms with Gasteiger partial charge in [0.1, 0.15) is 0 Å². The molecule has 1 saturated carbocycles. The number of hydrogen-bond acceptors (Lipinski definition) is 5. The number of methoxy groups -OCH3 is 1. The molecule has 0 bridgehead atoms. The molecule has 1 aliphatic rings. The second kappa shape index (κ2) is 6.29. The van der Waals surface area contributed by atoms with Crippen molar-refractivity contribution in [2.45, 2.75) is 51.0 Å². The molecule has 5 nitrogen and oxygen atoms in total. The third-order valence-corrected chi connectivity index (χ3v) is 3.74. The van der Waals surface area contributed by atoms with E-state index in [1.165, 1.54) is 12.8 Å². The van der Waals surface area contributed by atoms with Crippen LogP contribution in [0.3, 0.4) is 0 Å². The largest absolute Gasteiger partial charge is 0.390 e. The lowest BCUT2D eigenvalue weighted by atomic mass is 10.0. The smallest absolute Gasteiger partial charge is 0.229 e. The van der Waals surface area contributed by atoms with Crippen molar-refractivity contribution in [2.24, 2.45) is 5.92 Å². The van der Waals surface area contributed by atoms with Gasteiger partial charge in [-0.2, -0.15) is 4.98 Å². The van der Waals surface area contributed by atoms with Crippen LogP contribution in [0.4, 0.5) is 0 Å². The zero-order valence-electron chi connectivity index (χ0n) is 11.1. The van der Waals surface area contributed by atoms with Gasteiger partial charge in [-0.05, 0) is 25.2 Å². The van der Waals surface area contributed by atoms with E-state index in [1.807, 2.05) is 0 Å². The molecule has 0 radical (unpaired) electrons. The molecule has 0 spiro atoms. The van der Waals surface area contributed by atoms with Gasteiger partial charge in [-0.15, -0.1) is 0 Å². The number of aliphatic hydroxyl groups is 1. The summed E-state index contributed by atoms with van der Waals surface area (Å²) in [5.41, 5.74) is 0. The van der Waals surface area contributed by atoms with E-state index in [0.29, 0.717) is 24.8 Å². The number of nitrogens with zero attached hydrogens (tertiary/aromatic N) is 2. The van der Waals surface area contributed by atoms with E-state index in [4.69, 9.17) is 9.26 Å². The molecule has 1 aromatic heterocycles. The van der Waals surface area contributed by atoms with Gasteiger partial charge in [0.15, 0.2) is 5.82 Å². The maximum Gasteiger partial charge on any atom is 0.229 e. The summed E-state index contributed by atoms with van der Waals surface area (Å²) < 4.78 is 10.1. The summed E-state index contributed by atoms with van der Waals surface area (Å²) in [6.07, 6.45) is 4.60. The Balaban J connectivity index is 1.90. The quantitative estimate of drug-likeness (QED) is 0.840. The topological polar surface area (TPSA) is 68.4 Å². The van der Waals surface area contributed by atoms with Crippen LogP contribution in [0.5, 0.6) is 0 Å². The van der Waals surface area contributed by atoms with Crippen molar-refractivity contribution in [3.05, 3.63) is 11.7 Å². The van der Waals surface area contributed by atoms with Crippen LogP contribution in [0.15, 0.2) is 4.52 Å². The van der Waals surface area contributed by atoms with Gasteiger partial charge in [0.05, 0.1) is 19.1 Å². The highest BCUT2D eigenvalue weighted by atomic mass is 16.5. The molecule has 2 rings (SSSR count). The first-order valence-electron chi connectivity index (χ1n) is 6.72. The molecule has 18 heavy (non-hydrogen) atoms. The summed E-state index contributed by atoms with van der Waals surface area (Å²) in [7, 11) is 1.56. The van der Waals surface area contributed by atoms with Crippen LogP contribution in [0, 0.1) is 5.92 Å². The Kier molecular flexibility index (Phi) is 4.72. The summed E-state index contributed by atoms with van der Waals surface area (Å²) in [4.78, 5) is 4.39. The molecule has 1 aliphatic carbocycles. The first-order valence-corrected chi connectivity index (χ1v) is 6.72. The third-order valence-electron chi connectivity index (χ3n) is 3.74. The Labute approximate surface area is 108 Å². The predicted molar refractivity (Wildman–Crippen MR) is 66.3 cm³/mol. The fourth-order valence-corrected chi connectivity index (χ4v) is 2.65. The molecule has 3 unspecified atom stereocenters. The molecule has 1 heterocycles. The lowest BCUT2D eigenvalue weighted by Crippen LogP contribution is -2.17. The van der Waals surface area contributed by atoms with E-state index in [-0.39, 0.29) is 0 Å². The standard InChI is InChI=1S/C13H22N2O3/c1-3-9-4-5-10(6-9)13-14-12(18-15-13)7-11(16)8-17-2/h9-11,16H,3-8H2,1-2H3. The van der Waals surface area contributed by atoms with E-state index < -0.39 is 6.10 Å². The third kappa shape index (κ3) is 3.29. The molecule has 102 valence electrons. The van der Waals surface area contributed by atoms with E-state index in [9.17, 15) is 5.11 Å². The first kappa shape index (κ1) is 13.5. The summed E-state index contributed by atoms with van der Waals surface area (Å²) in [5, 5.41) is 13.6. The fraction of sp³-hybridized carbons (Fsp3) is 0.846. The number of aromatic nitrogens is 2. The highest BCUT2D eigenvalue weighted by molar-refractivity contribution is 5.00. The second-order valence-corrected chi connectivity index (χ2v) is 5.14. The molecule has 0 aliphatic heterocycles. The van der Waals surface area contributed by atoms with Gasteiger partial charge in [-0.3, -0.25) is 0 Å². The van der Waals surface area contributed by atoms with Crippen LogP contribution in [0.25, 0.3) is 0 Å². The van der Waals surface area contributed by atoms with E-state index in [1.54, 1.807) is 7.11 Å². The molecule has 5 heteroatoms. The van der Waals surface area contributed by atoms with Gasteiger partial charge < -0.3 is 14.4 Å². The SMILES string of the molecule is CCC1CCC(c2noc(CC(O)COC)n2)C1. The summed E-state index contributed by atoms with van der Waals surface area (Å²) in [5.74, 6) is 2.56. The van der Waals surface area contributed by atoms with E-state index in [0.717, 1.165) is 24.6 Å². The number of aliphatic hydroxyl groups excluding tert-OH is 1. The minimum absolute atomic E-state index is 0.291. The van der Waals surface area contributed by atoms with E-state index in [2.05, 4.69) is 17.1 Å². The van der Waals surface area contributed by atoms with Crippen LogP contribution in [-0.4, -0.2) is 35.1 Å². The molecule has 0 aromatic carbocycles. The number of ether oxygens (including phenoxy) is 1. The van der Waals surface area contributed by atoms with Crippen molar-refractivity contribution < 1.29 is 14.4 Å². The van der Waals surface area contributed by atoms with Crippen molar-refractivity contribution in [2.75, 3.05) is 13.7 Å². The van der Waals surface area contributed by atoms with Crippen molar-refractivity contribution in [1.82, 2.24) is 10.1 Å². The number of rotatable bonds is 6. The predicted octanol–water partition coefficient (Wildman–Crippen LogP) is 1.91. The Morgan fingerprint density at radius 3 is 3.00 bits per heavy atom. The summed E-state index contributed by atoms with van der Waals surface area (Å²) in [6.45, 7) is 2.52. The van der Waals surface area contributed by atoms with Crippen LogP contribution < -0.4 is 0 Å². The maximum absolute atomic E-state index is 9.60. The Morgan fingerprint density at radius 1 is 1.50 bits per heavy atom. The summed E-state index contributed by atoms with van der Waals surface area (Å²) in [6, 6.07) is 0. The first-order chi connectivity index (χ1) is 8.72. The van der Waals surface area contributed by atoms with Crippen LogP contribution in [0.2, 0.25) is 0 Å². The molecule has 0 saturated heterocycles. The summed E-state index contributed by atoms with van der Waals surface area (Å²) >= 11 is 0. The van der Waals surface area contributed by atoms with Crippen molar-refractivity contribution in [1.29, 1.82) is 0 Å². The lowest BCUT2D eigenvalue weighted by Gasteiger charge is -2.05. The molecular weight excluding hydrogens is 232 g/mol. The Morgan fingerprint density at radius 2 is 2.33 bits per heavy atom. The van der Waals surface area contributed by atoms with Gasteiger partial charge >= 0.3 is 0 Å². The van der Waals surface area contributed by atoms with Gasteiger partial charge in [-0.25, -0.2) is 0 Å². The highest BCUT2D eigenvalue weighted by Gasteiger charge is 2.28. The minimum atomic E-state index is -0.574. The molecule has 0 amide bonds. The second-order valence-electron chi connectivity index (χ2n) is 5.14. The van der Waals surface area contributed by atoms with Crippen LogP contribution in [0.1, 0.15) is 50.2 Å². The van der Waals surface area contributed by atoms with Crippen molar-refractivity contribution in [3.63, 3.8) is 0 Å².